The van der Waals surface area contributed by atoms with E-state index in [9.17, 15) is 8.42 Å². The minimum Gasteiger partial charge on any atom is -0.399 e. The number of benzene rings is 2. The van der Waals surface area contributed by atoms with Crippen LogP contribution >= 0.6 is 31.9 Å². The molecule has 0 aliphatic heterocycles. The first kappa shape index (κ1) is 15.8. The maximum Gasteiger partial charge on any atom is 0.263 e. The minimum atomic E-state index is -3.83. The zero-order valence-corrected chi connectivity index (χ0v) is 14.5. The summed E-state index contributed by atoms with van der Waals surface area (Å²) in [7, 11) is -3.83. The Morgan fingerprint density at radius 2 is 1.86 bits per heavy atom. The Kier molecular flexibility index (Phi) is 4.56. The Hall–Kier alpha value is -1.56. The van der Waals surface area contributed by atoms with E-state index in [1.165, 1.54) is 30.3 Å². The molecule has 5 nitrogen and oxygen atoms in total. The zero-order valence-electron chi connectivity index (χ0n) is 10.5. The molecule has 0 atom stereocenters. The molecule has 0 aliphatic carbocycles. The van der Waals surface area contributed by atoms with Gasteiger partial charge in [-0.15, -0.1) is 0 Å². The van der Waals surface area contributed by atoms with Gasteiger partial charge >= 0.3 is 0 Å². The molecule has 2 aromatic rings. The average Bonchev–Trinajstić information content (AvgIpc) is 2.37. The van der Waals surface area contributed by atoms with Gasteiger partial charge in [-0.1, -0.05) is 15.9 Å². The van der Waals surface area contributed by atoms with Crippen molar-refractivity contribution in [3.8, 4) is 6.07 Å². The molecule has 108 valence electrons. The van der Waals surface area contributed by atoms with Crippen molar-refractivity contribution in [1.82, 2.24) is 0 Å². The van der Waals surface area contributed by atoms with Crippen LogP contribution in [0.5, 0.6) is 0 Å². The highest BCUT2D eigenvalue weighted by Crippen LogP contribution is 2.28. The number of sulfonamides is 1. The number of nitrogens with one attached hydrogen (secondary N) is 1. The topological polar surface area (TPSA) is 96.0 Å². The van der Waals surface area contributed by atoms with E-state index < -0.39 is 10.0 Å². The highest BCUT2D eigenvalue weighted by Gasteiger charge is 2.19. The fraction of sp³-hybridized carbons (Fsp3) is 0. The number of hydrogen-bond acceptors (Lipinski definition) is 4. The summed E-state index contributed by atoms with van der Waals surface area (Å²) in [5.41, 5.74) is 6.47. The van der Waals surface area contributed by atoms with E-state index >= 15 is 0 Å². The molecule has 2 aromatic carbocycles. The molecule has 0 saturated carbocycles. The van der Waals surface area contributed by atoms with Gasteiger partial charge in [0, 0.05) is 14.6 Å². The van der Waals surface area contributed by atoms with Gasteiger partial charge in [0.25, 0.3) is 10.0 Å². The Balaban J connectivity index is 2.47. The molecule has 21 heavy (non-hydrogen) atoms. The van der Waals surface area contributed by atoms with Crippen LogP contribution in [0.15, 0.2) is 50.2 Å². The molecule has 2 rings (SSSR count). The van der Waals surface area contributed by atoms with Crippen molar-refractivity contribution >= 4 is 53.3 Å². The van der Waals surface area contributed by atoms with Crippen molar-refractivity contribution in [3.05, 3.63) is 50.9 Å². The van der Waals surface area contributed by atoms with Gasteiger partial charge in [0.2, 0.25) is 0 Å². The number of nitrogens with two attached hydrogens (primary N) is 1. The molecule has 0 fully saturated rings. The Bertz CT molecular complexity index is 845. The highest BCUT2D eigenvalue weighted by molar-refractivity contribution is 9.10. The molecule has 8 heteroatoms. The van der Waals surface area contributed by atoms with E-state index in [-0.39, 0.29) is 16.1 Å². The quantitative estimate of drug-likeness (QED) is 0.728. The summed E-state index contributed by atoms with van der Waals surface area (Å²) in [6.07, 6.45) is 0. The van der Waals surface area contributed by atoms with E-state index in [0.29, 0.717) is 14.6 Å². The van der Waals surface area contributed by atoms with E-state index in [4.69, 9.17) is 11.0 Å². The van der Waals surface area contributed by atoms with Crippen molar-refractivity contribution in [2.24, 2.45) is 0 Å². The molecule has 0 aromatic heterocycles. The lowest BCUT2D eigenvalue weighted by Crippen LogP contribution is -2.14. The molecule has 0 heterocycles. The van der Waals surface area contributed by atoms with Crippen molar-refractivity contribution in [2.75, 3.05) is 10.5 Å². The number of anilines is 2. The zero-order chi connectivity index (χ0) is 15.6. The van der Waals surface area contributed by atoms with E-state index in [1.54, 1.807) is 6.07 Å². The van der Waals surface area contributed by atoms with Crippen LogP contribution in [0.1, 0.15) is 5.56 Å². The van der Waals surface area contributed by atoms with Crippen LogP contribution in [-0.2, 0) is 10.0 Å². The van der Waals surface area contributed by atoms with Crippen LogP contribution in [0.25, 0.3) is 0 Å². The fourth-order valence-corrected chi connectivity index (χ4v) is 4.16. The number of nitriles is 1. The maximum absolute atomic E-state index is 12.4. The minimum absolute atomic E-state index is 0.0422. The lowest BCUT2D eigenvalue weighted by molar-refractivity contribution is 0.601. The third-order valence-corrected chi connectivity index (χ3v) is 5.43. The first-order valence-electron chi connectivity index (χ1n) is 5.61. The SMILES string of the molecule is N#Cc1ccc(Br)cc1NS(=O)(=O)c1ccc(N)cc1Br. The summed E-state index contributed by atoms with van der Waals surface area (Å²) < 4.78 is 28.2. The third-order valence-electron chi connectivity index (χ3n) is 2.59. The number of nitrogens with zero attached hydrogens (tertiary/aromatic N) is 1. The molecule has 3 N–H and O–H groups in total. The van der Waals surface area contributed by atoms with Gasteiger partial charge in [-0.25, -0.2) is 8.42 Å². The van der Waals surface area contributed by atoms with Crippen molar-refractivity contribution in [3.63, 3.8) is 0 Å². The van der Waals surface area contributed by atoms with Gasteiger partial charge < -0.3 is 5.73 Å². The highest BCUT2D eigenvalue weighted by atomic mass is 79.9. The molecule has 0 bridgehead atoms. The summed E-state index contributed by atoms with van der Waals surface area (Å²) in [4.78, 5) is 0.0422. The van der Waals surface area contributed by atoms with Gasteiger partial charge in [-0.3, -0.25) is 4.72 Å². The average molecular weight is 431 g/mol. The number of rotatable bonds is 3. The monoisotopic (exact) mass is 429 g/mol. The van der Waals surface area contributed by atoms with Gasteiger partial charge in [0.15, 0.2) is 0 Å². The molecule has 0 aliphatic rings. The Morgan fingerprint density at radius 1 is 1.14 bits per heavy atom. The second-order valence-electron chi connectivity index (χ2n) is 4.10. The van der Waals surface area contributed by atoms with Crippen LogP contribution < -0.4 is 10.5 Å². The van der Waals surface area contributed by atoms with Gasteiger partial charge in [0.1, 0.15) is 11.0 Å². The molecule has 0 amide bonds. The van der Waals surface area contributed by atoms with E-state index in [1.807, 2.05) is 6.07 Å². The number of hydrogen-bond donors (Lipinski definition) is 2. The molecule has 0 unspecified atom stereocenters. The van der Waals surface area contributed by atoms with Crippen LogP contribution in [0, 0.1) is 11.3 Å². The van der Waals surface area contributed by atoms with E-state index in [2.05, 4.69) is 36.6 Å². The molecule has 0 radical (unpaired) electrons. The first-order valence-corrected chi connectivity index (χ1v) is 8.68. The summed E-state index contributed by atoms with van der Waals surface area (Å²) in [6.45, 7) is 0. The normalized spacial score (nSPS) is 10.9. The van der Waals surface area contributed by atoms with Gasteiger partial charge in [0.05, 0.1) is 11.3 Å². The van der Waals surface area contributed by atoms with Crippen LogP contribution in [0.3, 0.4) is 0 Å². The van der Waals surface area contributed by atoms with E-state index in [0.717, 1.165) is 0 Å². The number of nitrogen functional groups attached to an aromatic ring is 1. The Morgan fingerprint density at radius 3 is 2.48 bits per heavy atom. The van der Waals surface area contributed by atoms with Gasteiger partial charge in [-0.2, -0.15) is 5.26 Å². The maximum atomic E-state index is 12.4. The fourth-order valence-electron chi connectivity index (χ4n) is 1.63. The second-order valence-corrected chi connectivity index (χ2v) is 7.52. The first-order chi connectivity index (χ1) is 9.83. The van der Waals surface area contributed by atoms with Crippen LogP contribution in [0.2, 0.25) is 0 Å². The number of halogens is 2. The molecular formula is C13H9Br2N3O2S. The Labute approximate surface area is 139 Å². The summed E-state index contributed by atoms with van der Waals surface area (Å²) in [5, 5.41) is 9.04. The van der Waals surface area contributed by atoms with Crippen molar-refractivity contribution in [1.29, 1.82) is 5.26 Å². The molecule has 0 saturated heterocycles. The molecular weight excluding hydrogens is 422 g/mol. The van der Waals surface area contributed by atoms with Crippen molar-refractivity contribution < 1.29 is 8.42 Å². The lowest BCUT2D eigenvalue weighted by atomic mass is 10.2. The summed E-state index contributed by atoms with van der Waals surface area (Å²) in [6, 6.07) is 11.0. The van der Waals surface area contributed by atoms with Crippen LogP contribution in [0.4, 0.5) is 11.4 Å². The van der Waals surface area contributed by atoms with Crippen LogP contribution in [-0.4, -0.2) is 8.42 Å². The predicted molar refractivity (Wildman–Crippen MR) is 88.2 cm³/mol. The summed E-state index contributed by atoms with van der Waals surface area (Å²) >= 11 is 6.42. The third kappa shape index (κ3) is 3.56. The predicted octanol–water partition coefficient (Wildman–Crippen LogP) is 3.47. The standard InChI is InChI=1S/C13H9Br2N3O2S/c14-9-2-1-8(7-16)12(5-9)18-21(19,20)13-4-3-10(17)6-11(13)15/h1-6,18H,17H2. The molecule has 0 spiro atoms. The smallest absolute Gasteiger partial charge is 0.263 e. The van der Waals surface area contributed by atoms with Gasteiger partial charge in [-0.05, 0) is 52.3 Å². The lowest BCUT2D eigenvalue weighted by Gasteiger charge is -2.11. The second kappa shape index (κ2) is 6.05. The summed E-state index contributed by atoms with van der Waals surface area (Å²) in [5.74, 6) is 0. The largest absolute Gasteiger partial charge is 0.399 e. The van der Waals surface area contributed by atoms with Crippen molar-refractivity contribution in [2.45, 2.75) is 4.90 Å².